The van der Waals surface area contributed by atoms with Crippen molar-refractivity contribution in [1.29, 1.82) is 0 Å². The van der Waals surface area contributed by atoms with Crippen LogP contribution < -0.4 is 10.1 Å². The zero-order valence-electron chi connectivity index (χ0n) is 12.6. The summed E-state index contributed by atoms with van der Waals surface area (Å²) in [6, 6.07) is 3.99. The summed E-state index contributed by atoms with van der Waals surface area (Å²) in [4.78, 5) is 24.4. The van der Waals surface area contributed by atoms with Crippen LogP contribution in [-0.2, 0) is 9.53 Å². The number of nitro groups is 1. The number of ether oxygens (including phenoxy) is 2. The monoisotopic (exact) mass is 309 g/mol. The minimum Gasteiger partial charge on any atom is -0.490 e. The van der Waals surface area contributed by atoms with E-state index in [1.54, 1.807) is 17.9 Å². The fourth-order valence-electron chi connectivity index (χ4n) is 2.29. The number of hydrogen-bond acceptors (Lipinski definition) is 6. The van der Waals surface area contributed by atoms with E-state index in [2.05, 4.69) is 5.32 Å². The molecule has 8 heteroatoms. The van der Waals surface area contributed by atoms with Crippen LogP contribution in [-0.4, -0.2) is 55.2 Å². The van der Waals surface area contributed by atoms with Gasteiger partial charge in [0.05, 0.1) is 25.2 Å². The molecule has 1 amide bonds. The highest BCUT2D eigenvalue weighted by atomic mass is 16.6. The molecule has 8 nitrogen and oxygen atoms in total. The number of carbonyl (C=O) groups excluding carboxylic acids is 1. The van der Waals surface area contributed by atoms with Crippen LogP contribution in [0.2, 0.25) is 0 Å². The van der Waals surface area contributed by atoms with Gasteiger partial charge in [0, 0.05) is 30.9 Å². The molecule has 2 rings (SSSR count). The Labute approximate surface area is 128 Å². The third kappa shape index (κ3) is 3.64. The summed E-state index contributed by atoms with van der Waals surface area (Å²) in [7, 11) is 1.37. The van der Waals surface area contributed by atoms with Crippen LogP contribution >= 0.6 is 0 Å². The summed E-state index contributed by atoms with van der Waals surface area (Å²) in [6.45, 7) is 4.00. The minimum atomic E-state index is -0.509. The maximum Gasteiger partial charge on any atom is 0.311 e. The van der Waals surface area contributed by atoms with Gasteiger partial charge < -0.3 is 19.7 Å². The molecule has 120 valence electrons. The lowest BCUT2D eigenvalue weighted by Crippen LogP contribution is -2.46. The lowest BCUT2D eigenvalue weighted by Gasteiger charge is -2.29. The number of methoxy groups -OCH3 is 1. The normalized spacial score (nSPS) is 16.0. The van der Waals surface area contributed by atoms with Crippen LogP contribution in [0.3, 0.4) is 0 Å². The van der Waals surface area contributed by atoms with Gasteiger partial charge in [-0.2, -0.15) is 0 Å². The average molecular weight is 309 g/mol. The first-order valence-corrected chi connectivity index (χ1v) is 6.98. The van der Waals surface area contributed by atoms with E-state index >= 15 is 0 Å². The second kappa shape index (κ2) is 7.08. The van der Waals surface area contributed by atoms with E-state index in [4.69, 9.17) is 9.47 Å². The Morgan fingerprint density at radius 2 is 2.14 bits per heavy atom. The standard InChI is InChI=1S/C14H19N3O5/c1-10(14(18)16-5-7-22-8-6-16)15-11-3-4-12(17(19)20)13(9-11)21-2/h3-4,9-10,15H,5-8H2,1-2H3. The first kappa shape index (κ1) is 16.0. The Kier molecular flexibility index (Phi) is 5.16. The lowest BCUT2D eigenvalue weighted by molar-refractivity contribution is -0.385. The van der Waals surface area contributed by atoms with Gasteiger partial charge in [-0.1, -0.05) is 0 Å². The summed E-state index contributed by atoms with van der Waals surface area (Å²) >= 11 is 0. The summed E-state index contributed by atoms with van der Waals surface area (Å²) in [6.07, 6.45) is 0. The molecular weight excluding hydrogens is 290 g/mol. The molecule has 1 fully saturated rings. The number of nitrogens with zero attached hydrogens (tertiary/aromatic N) is 2. The highest BCUT2D eigenvalue weighted by Crippen LogP contribution is 2.29. The van der Waals surface area contributed by atoms with Crippen molar-refractivity contribution < 1.29 is 19.2 Å². The molecule has 1 aromatic rings. The van der Waals surface area contributed by atoms with Gasteiger partial charge in [0.1, 0.15) is 6.04 Å². The van der Waals surface area contributed by atoms with E-state index in [1.165, 1.54) is 19.2 Å². The number of benzene rings is 1. The Bertz CT molecular complexity index is 557. The Balaban J connectivity index is 2.06. The lowest BCUT2D eigenvalue weighted by atomic mass is 10.2. The van der Waals surface area contributed by atoms with Crippen molar-refractivity contribution >= 4 is 17.3 Å². The molecule has 1 unspecified atom stereocenters. The van der Waals surface area contributed by atoms with Gasteiger partial charge in [-0.3, -0.25) is 14.9 Å². The number of morpholine rings is 1. The van der Waals surface area contributed by atoms with E-state index in [-0.39, 0.29) is 17.3 Å². The molecule has 1 heterocycles. The van der Waals surface area contributed by atoms with E-state index in [9.17, 15) is 14.9 Å². The SMILES string of the molecule is COc1cc(NC(C)C(=O)N2CCOCC2)ccc1[N+](=O)[O-]. The number of hydrogen-bond donors (Lipinski definition) is 1. The van der Waals surface area contributed by atoms with Gasteiger partial charge in [0.2, 0.25) is 5.91 Å². The molecule has 0 spiro atoms. The van der Waals surface area contributed by atoms with Crippen molar-refractivity contribution in [2.75, 3.05) is 38.7 Å². The van der Waals surface area contributed by atoms with Crippen molar-refractivity contribution in [3.8, 4) is 5.75 Å². The van der Waals surface area contributed by atoms with Gasteiger partial charge in [0.15, 0.2) is 5.75 Å². The quantitative estimate of drug-likeness (QED) is 0.650. The maximum atomic E-state index is 12.3. The molecule has 1 aliphatic rings. The Hall–Kier alpha value is -2.35. The minimum absolute atomic E-state index is 0.0272. The van der Waals surface area contributed by atoms with Crippen molar-refractivity contribution in [1.82, 2.24) is 4.90 Å². The number of nitrogens with one attached hydrogen (secondary N) is 1. The first-order chi connectivity index (χ1) is 10.5. The van der Waals surface area contributed by atoms with Gasteiger partial charge in [-0.05, 0) is 13.0 Å². The number of amides is 1. The molecule has 0 radical (unpaired) electrons. The molecule has 1 saturated heterocycles. The van der Waals surface area contributed by atoms with E-state index in [1.807, 2.05) is 0 Å². The van der Waals surface area contributed by atoms with Crippen LogP contribution in [0.4, 0.5) is 11.4 Å². The largest absolute Gasteiger partial charge is 0.490 e. The third-order valence-corrected chi connectivity index (χ3v) is 3.45. The van der Waals surface area contributed by atoms with E-state index in [0.717, 1.165) is 0 Å². The van der Waals surface area contributed by atoms with Crippen molar-refractivity contribution in [2.45, 2.75) is 13.0 Å². The number of rotatable bonds is 5. The van der Waals surface area contributed by atoms with Crippen LogP contribution in [0.5, 0.6) is 5.75 Å². The van der Waals surface area contributed by atoms with Crippen LogP contribution in [0.1, 0.15) is 6.92 Å². The zero-order chi connectivity index (χ0) is 16.1. The highest BCUT2D eigenvalue weighted by Gasteiger charge is 2.23. The summed E-state index contributed by atoms with van der Waals surface area (Å²) in [5, 5.41) is 13.9. The topological polar surface area (TPSA) is 93.9 Å². The average Bonchev–Trinajstić information content (AvgIpc) is 2.54. The first-order valence-electron chi connectivity index (χ1n) is 6.98. The molecule has 0 aliphatic carbocycles. The van der Waals surface area contributed by atoms with Crippen molar-refractivity contribution in [2.24, 2.45) is 0 Å². The predicted molar refractivity (Wildman–Crippen MR) is 80.1 cm³/mol. The molecule has 1 aromatic carbocycles. The molecule has 0 bridgehead atoms. The summed E-state index contributed by atoms with van der Waals surface area (Å²) in [5.74, 6) is 0.127. The van der Waals surface area contributed by atoms with Gasteiger partial charge >= 0.3 is 5.69 Å². The van der Waals surface area contributed by atoms with Crippen LogP contribution in [0, 0.1) is 10.1 Å². The van der Waals surface area contributed by atoms with Gasteiger partial charge in [-0.15, -0.1) is 0 Å². The second-order valence-corrected chi connectivity index (χ2v) is 4.95. The van der Waals surface area contributed by atoms with Gasteiger partial charge in [-0.25, -0.2) is 0 Å². The number of nitro benzene ring substituents is 1. The highest BCUT2D eigenvalue weighted by molar-refractivity contribution is 5.84. The van der Waals surface area contributed by atoms with E-state index in [0.29, 0.717) is 32.0 Å². The molecule has 1 N–H and O–H groups in total. The molecule has 1 aliphatic heterocycles. The second-order valence-electron chi connectivity index (χ2n) is 4.95. The Morgan fingerprint density at radius 1 is 1.45 bits per heavy atom. The smallest absolute Gasteiger partial charge is 0.311 e. The molecule has 1 atom stereocenters. The fraction of sp³-hybridized carbons (Fsp3) is 0.500. The van der Waals surface area contributed by atoms with Gasteiger partial charge in [0.25, 0.3) is 0 Å². The van der Waals surface area contributed by atoms with Crippen LogP contribution in [0.15, 0.2) is 18.2 Å². The number of carbonyl (C=O) groups is 1. The van der Waals surface area contributed by atoms with Crippen molar-refractivity contribution in [3.05, 3.63) is 28.3 Å². The summed E-state index contributed by atoms with van der Waals surface area (Å²) in [5.41, 5.74) is 0.483. The van der Waals surface area contributed by atoms with Crippen molar-refractivity contribution in [3.63, 3.8) is 0 Å². The maximum absolute atomic E-state index is 12.3. The van der Waals surface area contributed by atoms with E-state index < -0.39 is 11.0 Å². The molecule has 0 aromatic heterocycles. The van der Waals surface area contributed by atoms with Crippen LogP contribution in [0.25, 0.3) is 0 Å². The molecular formula is C14H19N3O5. The summed E-state index contributed by atoms with van der Waals surface area (Å²) < 4.78 is 10.2. The molecule has 22 heavy (non-hydrogen) atoms. The molecule has 0 saturated carbocycles. The predicted octanol–water partition coefficient (Wildman–Crippen LogP) is 1.26. The Morgan fingerprint density at radius 3 is 2.73 bits per heavy atom. The zero-order valence-corrected chi connectivity index (χ0v) is 12.6. The fourth-order valence-corrected chi connectivity index (χ4v) is 2.29. The number of anilines is 1. The third-order valence-electron chi connectivity index (χ3n) is 3.45.